The largest absolute Gasteiger partial charge is 0.490 e. The topological polar surface area (TPSA) is 110 Å². The predicted octanol–water partition coefficient (Wildman–Crippen LogP) is 0.320. The van der Waals surface area contributed by atoms with Gasteiger partial charge in [-0.1, -0.05) is 6.07 Å². The van der Waals surface area contributed by atoms with Gasteiger partial charge < -0.3 is 19.7 Å². The van der Waals surface area contributed by atoms with Crippen molar-refractivity contribution in [1.82, 2.24) is 0 Å². The predicted molar refractivity (Wildman–Crippen MR) is 73.6 cm³/mol. The molecule has 1 heterocycles. The minimum Gasteiger partial charge on any atom is -0.490 e. The molecule has 0 radical (unpaired) electrons. The number of sulfone groups is 1. The Hall–Kier alpha value is -1.80. The molecular weight excluding hydrogens is 300 g/mol. The summed E-state index contributed by atoms with van der Waals surface area (Å²) >= 11 is 0. The number of rotatable bonds is 5. The van der Waals surface area contributed by atoms with Crippen LogP contribution in [-0.2, 0) is 9.84 Å². The van der Waals surface area contributed by atoms with Gasteiger partial charge in [0.2, 0.25) is 0 Å². The van der Waals surface area contributed by atoms with Gasteiger partial charge in [-0.25, -0.2) is 13.2 Å². The first-order valence-electron chi connectivity index (χ1n) is 6.38. The van der Waals surface area contributed by atoms with Crippen molar-refractivity contribution in [1.29, 1.82) is 0 Å². The number of hydrogen-bond acceptors (Lipinski definition) is 6. The number of aliphatic hydroxyl groups is 1. The molecule has 0 saturated carbocycles. The Morgan fingerprint density at radius 2 is 2.10 bits per heavy atom. The van der Waals surface area contributed by atoms with Gasteiger partial charge in [-0.05, 0) is 19.1 Å². The summed E-state index contributed by atoms with van der Waals surface area (Å²) in [7, 11) is -3.39. The van der Waals surface area contributed by atoms with Crippen molar-refractivity contribution in [2.75, 3.05) is 18.1 Å². The van der Waals surface area contributed by atoms with Crippen LogP contribution in [0.1, 0.15) is 17.3 Å². The quantitative estimate of drug-likeness (QED) is 0.805. The second-order valence-electron chi connectivity index (χ2n) is 4.67. The molecule has 21 heavy (non-hydrogen) atoms. The highest BCUT2D eigenvalue weighted by molar-refractivity contribution is 7.91. The van der Waals surface area contributed by atoms with E-state index in [0.29, 0.717) is 6.61 Å². The van der Waals surface area contributed by atoms with Crippen LogP contribution in [0.4, 0.5) is 0 Å². The summed E-state index contributed by atoms with van der Waals surface area (Å²) in [5.74, 6) is -1.83. The van der Waals surface area contributed by atoms with Crippen LogP contribution in [0.5, 0.6) is 11.5 Å². The number of carboxylic acid groups (broad SMARTS) is 1. The van der Waals surface area contributed by atoms with E-state index in [9.17, 15) is 23.4 Å². The molecule has 1 aliphatic heterocycles. The second-order valence-corrected chi connectivity index (χ2v) is 6.83. The Kier molecular flexibility index (Phi) is 4.38. The van der Waals surface area contributed by atoms with Gasteiger partial charge in [0.05, 0.1) is 18.1 Å². The Bertz CT molecular complexity index is 638. The van der Waals surface area contributed by atoms with Crippen molar-refractivity contribution in [2.45, 2.75) is 19.1 Å². The molecule has 1 aromatic carbocycles. The summed E-state index contributed by atoms with van der Waals surface area (Å²) in [4.78, 5) is 11.2. The van der Waals surface area contributed by atoms with E-state index in [1.165, 1.54) is 18.2 Å². The minimum absolute atomic E-state index is 0.0620. The Morgan fingerprint density at radius 3 is 2.62 bits per heavy atom. The van der Waals surface area contributed by atoms with Gasteiger partial charge >= 0.3 is 5.97 Å². The molecule has 1 aromatic rings. The van der Waals surface area contributed by atoms with Crippen LogP contribution in [0.2, 0.25) is 0 Å². The van der Waals surface area contributed by atoms with Crippen molar-refractivity contribution in [3.63, 3.8) is 0 Å². The molecule has 116 valence electrons. The summed E-state index contributed by atoms with van der Waals surface area (Å²) in [6, 6.07) is 4.36. The van der Waals surface area contributed by atoms with Crippen LogP contribution in [-0.4, -0.2) is 54.9 Å². The van der Waals surface area contributed by atoms with Gasteiger partial charge in [-0.2, -0.15) is 0 Å². The zero-order valence-electron chi connectivity index (χ0n) is 11.4. The lowest BCUT2D eigenvalue weighted by Crippen LogP contribution is -2.30. The van der Waals surface area contributed by atoms with Crippen LogP contribution in [0.25, 0.3) is 0 Å². The fraction of sp³-hybridized carbons (Fsp3) is 0.462. The zero-order chi connectivity index (χ0) is 15.6. The van der Waals surface area contributed by atoms with Gasteiger partial charge in [-0.3, -0.25) is 0 Å². The molecular formula is C13H16O7S. The van der Waals surface area contributed by atoms with Crippen LogP contribution in [0.3, 0.4) is 0 Å². The molecule has 0 amide bonds. The molecule has 0 spiro atoms. The van der Waals surface area contributed by atoms with Gasteiger partial charge in [0, 0.05) is 0 Å². The van der Waals surface area contributed by atoms with E-state index in [0.717, 1.165) is 0 Å². The third kappa shape index (κ3) is 3.45. The first-order chi connectivity index (χ1) is 9.84. The lowest BCUT2D eigenvalue weighted by Gasteiger charge is -2.19. The Labute approximate surface area is 122 Å². The minimum atomic E-state index is -3.39. The fourth-order valence-corrected chi connectivity index (χ4v) is 3.80. The maximum atomic E-state index is 11.5. The smallest absolute Gasteiger partial charge is 0.339 e. The molecule has 2 unspecified atom stereocenters. The van der Waals surface area contributed by atoms with Crippen LogP contribution < -0.4 is 9.47 Å². The van der Waals surface area contributed by atoms with Gasteiger partial charge in [-0.15, -0.1) is 0 Å². The highest BCUT2D eigenvalue weighted by atomic mass is 32.2. The third-order valence-electron chi connectivity index (χ3n) is 3.05. The lowest BCUT2D eigenvalue weighted by molar-refractivity contribution is 0.0622. The van der Waals surface area contributed by atoms with Crippen molar-refractivity contribution in [2.24, 2.45) is 0 Å². The molecule has 8 heteroatoms. The molecule has 2 rings (SSSR count). The highest BCUT2D eigenvalue weighted by Crippen LogP contribution is 2.34. The van der Waals surface area contributed by atoms with Crippen molar-refractivity contribution < 1.29 is 32.9 Å². The van der Waals surface area contributed by atoms with Crippen LogP contribution in [0.15, 0.2) is 18.2 Å². The molecule has 2 N–H and O–H groups in total. The van der Waals surface area contributed by atoms with Crippen LogP contribution >= 0.6 is 0 Å². The van der Waals surface area contributed by atoms with E-state index in [1.54, 1.807) is 6.92 Å². The number of hydrogen-bond donors (Lipinski definition) is 2. The summed E-state index contributed by atoms with van der Waals surface area (Å²) in [5, 5.41) is 18.9. The summed E-state index contributed by atoms with van der Waals surface area (Å²) in [6.45, 7) is 2.02. The van der Waals surface area contributed by atoms with Gasteiger partial charge in [0.1, 0.15) is 17.8 Å². The first kappa shape index (κ1) is 15.6. The maximum absolute atomic E-state index is 11.5. The van der Waals surface area contributed by atoms with Gasteiger partial charge in [0.15, 0.2) is 21.3 Å². The van der Waals surface area contributed by atoms with E-state index in [1.807, 2.05) is 0 Å². The number of aromatic carboxylic acids is 1. The first-order valence-corrected chi connectivity index (χ1v) is 8.20. The molecule has 1 saturated heterocycles. The van der Waals surface area contributed by atoms with Crippen molar-refractivity contribution in [3.05, 3.63) is 23.8 Å². The molecule has 1 fully saturated rings. The average Bonchev–Trinajstić information content (AvgIpc) is 2.64. The second kappa shape index (κ2) is 5.90. The summed E-state index contributed by atoms with van der Waals surface area (Å²) in [6.07, 6.45) is -2.19. The lowest BCUT2D eigenvalue weighted by atomic mass is 10.1. The molecule has 0 aromatic heterocycles. The molecule has 2 atom stereocenters. The molecule has 1 aliphatic rings. The molecule has 7 nitrogen and oxygen atoms in total. The van der Waals surface area contributed by atoms with Gasteiger partial charge in [0.25, 0.3) is 0 Å². The number of para-hydroxylation sites is 1. The summed E-state index contributed by atoms with van der Waals surface area (Å²) < 4.78 is 33.7. The third-order valence-corrected chi connectivity index (χ3v) is 4.74. The van der Waals surface area contributed by atoms with Crippen LogP contribution in [0, 0.1) is 0 Å². The number of aliphatic hydroxyl groups excluding tert-OH is 1. The van der Waals surface area contributed by atoms with E-state index >= 15 is 0 Å². The van der Waals surface area contributed by atoms with E-state index in [4.69, 9.17) is 9.47 Å². The average molecular weight is 316 g/mol. The maximum Gasteiger partial charge on any atom is 0.339 e. The van der Waals surface area contributed by atoms with E-state index in [2.05, 4.69) is 0 Å². The fourth-order valence-electron chi connectivity index (χ4n) is 2.14. The van der Waals surface area contributed by atoms with E-state index in [-0.39, 0.29) is 22.8 Å². The summed E-state index contributed by atoms with van der Waals surface area (Å²) in [5.41, 5.74) is -0.141. The molecule has 0 aliphatic carbocycles. The number of carboxylic acids is 1. The van der Waals surface area contributed by atoms with Crippen molar-refractivity contribution >= 4 is 15.8 Å². The number of benzene rings is 1. The zero-order valence-corrected chi connectivity index (χ0v) is 12.2. The SMILES string of the molecule is CCOc1cccc(C(=O)O)c1OC1CS(=O)(=O)CC1O. The highest BCUT2D eigenvalue weighted by Gasteiger charge is 2.39. The normalized spacial score (nSPS) is 23.7. The Morgan fingerprint density at radius 1 is 1.38 bits per heavy atom. The number of ether oxygens (including phenoxy) is 2. The van der Waals surface area contributed by atoms with E-state index < -0.39 is 33.8 Å². The number of carbonyl (C=O) groups is 1. The van der Waals surface area contributed by atoms with Crippen molar-refractivity contribution in [3.8, 4) is 11.5 Å². The Balaban J connectivity index is 2.36. The standard InChI is InChI=1S/C13H16O7S/c1-2-19-10-5-3-4-8(13(15)16)12(10)20-11-7-21(17,18)6-9(11)14/h3-5,9,11,14H,2,6-7H2,1H3,(H,15,16). The monoisotopic (exact) mass is 316 g/mol. The molecule has 0 bridgehead atoms.